The van der Waals surface area contributed by atoms with E-state index in [0.29, 0.717) is 5.02 Å². The highest BCUT2D eigenvalue weighted by Crippen LogP contribution is 2.30. The fraction of sp³-hybridized carbons (Fsp3) is 0.133. The molecule has 5 nitrogen and oxygen atoms in total. The van der Waals surface area contributed by atoms with Crippen LogP contribution in [0.2, 0.25) is 15.1 Å². The lowest BCUT2D eigenvalue weighted by molar-refractivity contribution is -0.138. The van der Waals surface area contributed by atoms with Gasteiger partial charge >= 0.3 is 5.97 Å². The lowest BCUT2D eigenvalue weighted by Crippen LogP contribution is -2.36. The Kier molecular flexibility index (Phi) is 5.98. The minimum absolute atomic E-state index is 0.0850. The molecule has 0 atom stereocenters. The molecule has 128 valence electrons. The molecule has 2 aromatic rings. The molecule has 2 rings (SSSR count). The second kappa shape index (κ2) is 7.61. The summed E-state index contributed by atoms with van der Waals surface area (Å²) in [6, 6.07) is 10.0. The van der Waals surface area contributed by atoms with Crippen LogP contribution in [0.5, 0.6) is 0 Å². The molecule has 0 unspecified atom stereocenters. The summed E-state index contributed by atoms with van der Waals surface area (Å²) in [5, 5.41) is 0.631. The third-order valence-corrected chi connectivity index (χ3v) is 5.82. The predicted octanol–water partition coefficient (Wildman–Crippen LogP) is 4.02. The molecule has 0 aromatic heterocycles. The highest BCUT2D eigenvalue weighted by atomic mass is 35.5. The standard InChI is InChI=1S/C15H12Cl3NO4S/c1-23-15(20)9-19(11-4-2-3-10(16)7-11)24(21,22)12-5-6-13(17)14(18)8-12/h2-8H,9H2,1H3. The van der Waals surface area contributed by atoms with Crippen molar-refractivity contribution in [1.29, 1.82) is 0 Å². The molecule has 0 saturated carbocycles. The van der Waals surface area contributed by atoms with Crippen molar-refractivity contribution in [3.63, 3.8) is 0 Å². The molecule has 9 heteroatoms. The molecule has 0 bridgehead atoms. The number of rotatable bonds is 5. The van der Waals surface area contributed by atoms with Gasteiger partial charge in [-0.25, -0.2) is 8.42 Å². The lowest BCUT2D eigenvalue weighted by atomic mass is 10.3. The van der Waals surface area contributed by atoms with Crippen molar-refractivity contribution in [2.75, 3.05) is 18.0 Å². The van der Waals surface area contributed by atoms with Crippen molar-refractivity contribution >= 4 is 56.5 Å². The minimum Gasteiger partial charge on any atom is -0.468 e. The van der Waals surface area contributed by atoms with E-state index < -0.39 is 22.5 Å². The summed E-state index contributed by atoms with van der Waals surface area (Å²) in [5.41, 5.74) is 0.221. The number of anilines is 1. The van der Waals surface area contributed by atoms with E-state index in [1.807, 2.05) is 0 Å². The van der Waals surface area contributed by atoms with Gasteiger partial charge in [0.1, 0.15) is 6.54 Å². The van der Waals surface area contributed by atoms with Gasteiger partial charge < -0.3 is 4.74 Å². The first-order valence-corrected chi connectivity index (χ1v) is 9.13. The normalized spacial score (nSPS) is 11.2. The summed E-state index contributed by atoms with van der Waals surface area (Å²) in [4.78, 5) is 11.6. The molecule has 0 aliphatic heterocycles. The van der Waals surface area contributed by atoms with Gasteiger partial charge in [-0.3, -0.25) is 9.10 Å². The van der Waals surface area contributed by atoms with Gasteiger partial charge in [-0.1, -0.05) is 40.9 Å². The van der Waals surface area contributed by atoms with Crippen LogP contribution in [0.1, 0.15) is 0 Å². The monoisotopic (exact) mass is 407 g/mol. The molecule has 24 heavy (non-hydrogen) atoms. The number of sulfonamides is 1. The van der Waals surface area contributed by atoms with Gasteiger partial charge in [0.2, 0.25) is 0 Å². The highest BCUT2D eigenvalue weighted by molar-refractivity contribution is 7.92. The summed E-state index contributed by atoms with van der Waals surface area (Å²) < 4.78 is 31.3. The fourth-order valence-electron chi connectivity index (χ4n) is 1.89. The maximum Gasteiger partial charge on any atom is 0.326 e. The zero-order valence-electron chi connectivity index (χ0n) is 12.4. The van der Waals surface area contributed by atoms with Crippen molar-refractivity contribution in [2.24, 2.45) is 0 Å². The fourth-order valence-corrected chi connectivity index (χ4v) is 3.87. The first-order valence-electron chi connectivity index (χ1n) is 6.56. The lowest BCUT2D eigenvalue weighted by Gasteiger charge is -2.23. The number of esters is 1. The Labute approximate surface area is 154 Å². The molecular weight excluding hydrogens is 397 g/mol. The molecule has 0 N–H and O–H groups in total. The third kappa shape index (κ3) is 4.13. The van der Waals surface area contributed by atoms with Gasteiger partial charge in [-0.2, -0.15) is 0 Å². The molecule has 0 fully saturated rings. The highest BCUT2D eigenvalue weighted by Gasteiger charge is 2.28. The van der Waals surface area contributed by atoms with Crippen molar-refractivity contribution in [3.8, 4) is 0 Å². The van der Waals surface area contributed by atoms with Gasteiger partial charge in [0.15, 0.2) is 0 Å². The van der Waals surface area contributed by atoms with Gasteiger partial charge in [0.05, 0.1) is 27.7 Å². The van der Waals surface area contributed by atoms with Crippen LogP contribution in [0.3, 0.4) is 0 Å². The number of ether oxygens (including phenoxy) is 1. The number of halogens is 3. The predicted molar refractivity (Wildman–Crippen MR) is 94.5 cm³/mol. The molecule has 0 radical (unpaired) electrons. The number of methoxy groups -OCH3 is 1. The first-order chi connectivity index (χ1) is 11.3. The Hall–Kier alpha value is -1.47. The summed E-state index contributed by atoms with van der Waals surface area (Å²) >= 11 is 17.6. The topological polar surface area (TPSA) is 63.7 Å². The van der Waals surface area contributed by atoms with Gasteiger partial charge in [0.25, 0.3) is 10.0 Å². The zero-order chi connectivity index (χ0) is 17.9. The first kappa shape index (κ1) is 18.9. The Balaban J connectivity index is 2.56. The number of benzene rings is 2. The van der Waals surface area contributed by atoms with E-state index in [1.54, 1.807) is 12.1 Å². The van der Waals surface area contributed by atoms with Crippen LogP contribution in [-0.2, 0) is 19.6 Å². The van der Waals surface area contributed by atoms with Crippen LogP contribution in [0.4, 0.5) is 5.69 Å². The van der Waals surface area contributed by atoms with E-state index in [4.69, 9.17) is 34.8 Å². The molecule has 0 saturated heterocycles. The molecule has 0 amide bonds. The van der Waals surface area contributed by atoms with Crippen LogP contribution >= 0.6 is 34.8 Å². The molecule has 0 heterocycles. The van der Waals surface area contributed by atoms with Crippen molar-refractivity contribution < 1.29 is 17.9 Å². The minimum atomic E-state index is -4.08. The maximum atomic E-state index is 12.9. The molecule has 2 aromatic carbocycles. The summed E-state index contributed by atoms with van der Waals surface area (Å²) in [7, 11) is -2.91. The Bertz CT molecular complexity index is 871. The zero-order valence-corrected chi connectivity index (χ0v) is 15.5. The largest absolute Gasteiger partial charge is 0.468 e. The average Bonchev–Trinajstić information content (AvgIpc) is 2.54. The van der Waals surface area contributed by atoms with E-state index >= 15 is 0 Å². The number of hydrogen-bond donors (Lipinski definition) is 0. The van der Waals surface area contributed by atoms with E-state index in [1.165, 1.54) is 37.4 Å². The second-order valence-corrected chi connectivity index (χ2v) is 7.76. The van der Waals surface area contributed by atoms with E-state index in [2.05, 4.69) is 4.74 Å². The smallest absolute Gasteiger partial charge is 0.326 e. The Morgan fingerprint density at radius 1 is 1.08 bits per heavy atom. The van der Waals surface area contributed by atoms with Crippen molar-refractivity contribution in [2.45, 2.75) is 4.90 Å². The molecule has 0 spiro atoms. The third-order valence-electron chi connectivity index (χ3n) is 3.08. The number of hydrogen-bond acceptors (Lipinski definition) is 4. The quantitative estimate of drug-likeness (QED) is 0.701. The molecular formula is C15H12Cl3NO4S. The number of carbonyl (C=O) groups excluding carboxylic acids is 1. The summed E-state index contributed by atoms with van der Waals surface area (Å²) in [6.07, 6.45) is 0. The van der Waals surface area contributed by atoms with Gasteiger partial charge in [-0.15, -0.1) is 0 Å². The van der Waals surface area contributed by atoms with E-state index in [9.17, 15) is 13.2 Å². The molecule has 0 aliphatic carbocycles. The number of nitrogens with zero attached hydrogens (tertiary/aromatic N) is 1. The van der Waals surface area contributed by atoms with Crippen LogP contribution in [0, 0.1) is 0 Å². The summed E-state index contributed by atoms with van der Waals surface area (Å²) in [5.74, 6) is -0.724. The van der Waals surface area contributed by atoms with Crippen LogP contribution in [-0.4, -0.2) is 28.0 Å². The van der Waals surface area contributed by atoms with Gasteiger partial charge in [0, 0.05) is 5.02 Å². The number of carbonyl (C=O) groups is 1. The Morgan fingerprint density at radius 3 is 2.38 bits per heavy atom. The van der Waals surface area contributed by atoms with Crippen LogP contribution < -0.4 is 4.31 Å². The molecule has 0 aliphatic rings. The van der Waals surface area contributed by atoms with Crippen molar-refractivity contribution in [3.05, 3.63) is 57.5 Å². The SMILES string of the molecule is COC(=O)CN(c1cccc(Cl)c1)S(=O)(=O)c1ccc(Cl)c(Cl)c1. The van der Waals surface area contributed by atoms with Crippen LogP contribution in [0.15, 0.2) is 47.4 Å². The van der Waals surface area contributed by atoms with Crippen molar-refractivity contribution in [1.82, 2.24) is 0 Å². The average molecular weight is 409 g/mol. The second-order valence-electron chi connectivity index (χ2n) is 4.64. The van der Waals surface area contributed by atoms with Gasteiger partial charge in [-0.05, 0) is 36.4 Å². The van der Waals surface area contributed by atoms with Crippen LogP contribution in [0.25, 0.3) is 0 Å². The summed E-state index contributed by atoms with van der Waals surface area (Å²) in [6.45, 7) is -0.514. The Morgan fingerprint density at radius 2 is 1.79 bits per heavy atom. The van der Waals surface area contributed by atoms with E-state index in [0.717, 1.165) is 4.31 Å². The maximum absolute atomic E-state index is 12.9. The van der Waals surface area contributed by atoms with E-state index in [-0.39, 0.29) is 20.6 Å².